The van der Waals surface area contributed by atoms with Crippen LogP contribution in [0.5, 0.6) is 5.75 Å². The minimum atomic E-state index is -4.69. The highest BCUT2D eigenvalue weighted by Crippen LogP contribution is 2.36. The molecule has 0 aliphatic carbocycles. The van der Waals surface area contributed by atoms with E-state index < -0.39 is 30.4 Å². The molecule has 1 aromatic heterocycles. The second kappa shape index (κ2) is 7.83. The van der Waals surface area contributed by atoms with Crippen LogP contribution in [0.1, 0.15) is 29.9 Å². The summed E-state index contributed by atoms with van der Waals surface area (Å²) in [7, 11) is 0. The van der Waals surface area contributed by atoms with Crippen molar-refractivity contribution in [1.29, 1.82) is 0 Å². The zero-order valence-corrected chi connectivity index (χ0v) is 16.0. The summed E-state index contributed by atoms with van der Waals surface area (Å²) < 4.78 is 69.0. The quantitative estimate of drug-likeness (QED) is 0.639. The highest BCUT2D eigenvalue weighted by Gasteiger charge is 2.39. The second-order valence-electron chi connectivity index (χ2n) is 5.73. The number of amides is 1. The van der Waals surface area contributed by atoms with Crippen LogP contribution in [-0.4, -0.2) is 22.3 Å². The Hall–Kier alpha value is -2.17. The highest BCUT2D eigenvalue weighted by molar-refractivity contribution is 9.10. The first kappa shape index (κ1) is 21.1. The second-order valence-corrected chi connectivity index (χ2v) is 6.53. The number of hydrogen-bond acceptors (Lipinski definition) is 3. The Kier molecular flexibility index (Phi) is 6.13. The van der Waals surface area contributed by atoms with Gasteiger partial charge in [0.2, 0.25) is 5.91 Å². The summed E-state index contributed by atoms with van der Waals surface area (Å²) in [5, 5.41) is 5.84. The van der Waals surface area contributed by atoms with Crippen molar-refractivity contribution in [3.63, 3.8) is 0 Å². The lowest BCUT2D eigenvalue weighted by molar-refractivity contribution is -0.142. The van der Waals surface area contributed by atoms with Crippen molar-refractivity contribution in [1.82, 2.24) is 9.78 Å². The van der Waals surface area contributed by atoms with Gasteiger partial charge in [-0.1, -0.05) is 6.07 Å². The van der Waals surface area contributed by atoms with Crippen molar-refractivity contribution >= 4 is 27.5 Å². The molecule has 0 aliphatic rings. The fourth-order valence-corrected chi connectivity index (χ4v) is 2.82. The smallest absolute Gasteiger partial charge is 0.433 e. The molecule has 1 atom stereocenters. The largest absolute Gasteiger partial charge is 0.436 e. The zero-order valence-electron chi connectivity index (χ0n) is 14.4. The predicted octanol–water partition coefficient (Wildman–Crippen LogP) is 5.08. The van der Waals surface area contributed by atoms with E-state index in [4.69, 9.17) is 0 Å². The van der Waals surface area contributed by atoms with E-state index in [9.17, 15) is 26.7 Å². The minimum absolute atomic E-state index is 0.0299. The molecule has 11 heteroatoms. The van der Waals surface area contributed by atoms with Crippen molar-refractivity contribution in [2.24, 2.45) is 0 Å². The maximum absolute atomic E-state index is 13.0. The molecule has 148 valence electrons. The average molecular weight is 456 g/mol. The Labute approximate surface area is 159 Å². The van der Waals surface area contributed by atoms with Gasteiger partial charge in [-0.25, -0.2) is 0 Å². The summed E-state index contributed by atoms with van der Waals surface area (Å²) in [4.78, 5) is 12.4. The summed E-state index contributed by atoms with van der Waals surface area (Å²) in [6, 6.07) is 3.10. The normalized spacial score (nSPS) is 13.0. The van der Waals surface area contributed by atoms with Gasteiger partial charge in [-0.2, -0.15) is 27.1 Å². The third-order valence-corrected chi connectivity index (χ3v) is 4.65. The molecule has 0 radical (unpaired) electrons. The first-order valence-corrected chi connectivity index (χ1v) is 8.39. The lowest BCUT2D eigenvalue weighted by atomic mass is 10.2. The summed E-state index contributed by atoms with van der Waals surface area (Å²) >= 11 is 2.83. The SMILES string of the molecule is Cc1ccc(NC(=O)C(C)n2nc(C(F)(F)F)c(Br)c2C)c(OC(F)F)c1. The van der Waals surface area contributed by atoms with E-state index in [1.54, 1.807) is 13.0 Å². The van der Waals surface area contributed by atoms with Gasteiger partial charge in [0, 0.05) is 0 Å². The van der Waals surface area contributed by atoms with Crippen LogP contribution in [0.3, 0.4) is 0 Å². The molecule has 0 bridgehead atoms. The van der Waals surface area contributed by atoms with Gasteiger partial charge in [0.25, 0.3) is 0 Å². The lowest BCUT2D eigenvalue weighted by Gasteiger charge is -2.17. The van der Waals surface area contributed by atoms with Crippen LogP contribution in [0.4, 0.5) is 27.6 Å². The number of nitrogens with one attached hydrogen (secondary N) is 1. The van der Waals surface area contributed by atoms with Gasteiger partial charge in [0.05, 0.1) is 15.9 Å². The van der Waals surface area contributed by atoms with Gasteiger partial charge >= 0.3 is 12.8 Å². The molecule has 0 spiro atoms. The first-order chi connectivity index (χ1) is 12.4. The van der Waals surface area contributed by atoms with Crippen molar-refractivity contribution in [3.8, 4) is 5.75 Å². The molecule has 2 rings (SSSR count). The molecule has 1 N–H and O–H groups in total. The fourth-order valence-electron chi connectivity index (χ4n) is 2.33. The Morgan fingerprint density at radius 1 is 1.30 bits per heavy atom. The Morgan fingerprint density at radius 2 is 1.93 bits per heavy atom. The average Bonchev–Trinajstić information content (AvgIpc) is 2.84. The number of nitrogens with zero attached hydrogens (tertiary/aromatic N) is 2. The van der Waals surface area contributed by atoms with E-state index in [1.165, 1.54) is 26.0 Å². The zero-order chi connectivity index (χ0) is 20.5. The molecule has 5 nitrogen and oxygen atoms in total. The summed E-state index contributed by atoms with van der Waals surface area (Å²) in [5.41, 5.74) is -0.467. The summed E-state index contributed by atoms with van der Waals surface area (Å²) in [6.07, 6.45) is -4.69. The number of halogens is 6. The van der Waals surface area contributed by atoms with Gasteiger partial charge in [0.1, 0.15) is 11.8 Å². The monoisotopic (exact) mass is 455 g/mol. The molecule has 1 amide bonds. The van der Waals surface area contributed by atoms with Crippen LogP contribution in [0.2, 0.25) is 0 Å². The number of carbonyl (C=O) groups is 1. The van der Waals surface area contributed by atoms with Crippen LogP contribution in [0.15, 0.2) is 22.7 Å². The Bertz CT molecular complexity index is 851. The molecule has 0 saturated heterocycles. The first-order valence-electron chi connectivity index (χ1n) is 7.60. The molecule has 2 aromatic rings. The highest BCUT2D eigenvalue weighted by atomic mass is 79.9. The van der Waals surface area contributed by atoms with Crippen molar-refractivity contribution in [2.75, 3.05) is 5.32 Å². The van der Waals surface area contributed by atoms with E-state index >= 15 is 0 Å². The topological polar surface area (TPSA) is 56.2 Å². The number of anilines is 1. The molecule has 0 aliphatic heterocycles. The van der Waals surface area contributed by atoms with Crippen LogP contribution >= 0.6 is 15.9 Å². The maximum atomic E-state index is 13.0. The predicted molar refractivity (Wildman–Crippen MR) is 90.8 cm³/mol. The van der Waals surface area contributed by atoms with Crippen molar-refractivity contribution < 1.29 is 31.5 Å². The van der Waals surface area contributed by atoms with Crippen LogP contribution in [0, 0.1) is 13.8 Å². The van der Waals surface area contributed by atoms with Crippen molar-refractivity contribution in [3.05, 3.63) is 39.6 Å². The molecule has 27 heavy (non-hydrogen) atoms. The molecule has 1 aromatic carbocycles. The number of alkyl halides is 5. The van der Waals surface area contributed by atoms with Gasteiger partial charge in [0.15, 0.2) is 5.69 Å². The Morgan fingerprint density at radius 3 is 2.44 bits per heavy atom. The minimum Gasteiger partial charge on any atom is -0.433 e. The number of rotatable bonds is 5. The number of benzene rings is 1. The van der Waals surface area contributed by atoms with E-state index in [2.05, 4.69) is 31.1 Å². The standard InChI is InChI=1S/C16H15BrF5N3O2/c1-7-4-5-10(11(6-7)27-15(18)19)23-14(26)9(3)25-8(2)12(17)13(24-25)16(20,21)22/h4-6,9,15H,1-3H3,(H,23,26). The van der Waals surface area contributed by atoms with Crippen LogP contribution < -0.4 is 10.1 Å². The maximum Gasteiger partial charge on any atom is 0.436 e. The van der Waals surface area contributed by atoms with E-state index in [0.717, 1.165) is 4.68 Å². The van der Waals surface area contributed by atoms with Gasteiger partial charge in [-0.15, -0.1) is 0 Å². The van der Waals surface area contributed by atoms with E-state index in [-0.39, 0.29) is 21.6 Å². The van der Waals surface area contributed by atoms with Gasteiger partial charge in [-0.05, 0) is 54.4 Å². The number of aryl methyl sites for hydroxylation is 1. The number of ether oxygens (including phenoxy) is 1. The summed E-state index contributed by atoms with van der Waals surface area (Å²) in [6.45, 7) is 1.26. The molecule has 1 unspecified atom stereocenters. The van der Waals surface area contributed by atoms with Crippen LogP contribution in [0.25, 0.3) is 0 Å². The van der Waals surface area contributed by atoms with Gasteiger partial charge < -0.3 is 10.1 Å². The molecule has 1 heterocycles. The van der Waals surface area contributed by atoms with Gasteiger partial charge in [-0.3, -0.25) is 9.48 Å². The van der Waals surface area contributed by atoms with E-state index in [1.807, 2.05) is 0 Å². The third kappa shape index (κ3) is 4.76. The third-order valence-electron chi connectivity index (χ3n) is 3.70. The van der Waals surface area contributed by atoms with Crippen LogP contribution in [-0.2, 0) is 11.0 Å². The molecule has 0 fully saturated rings. The number of hydrogen-bond donors (Lipinski definition) is 1. The fraction of sp³-hybridized carbons (Fsp3) is 0.375. The van der Waals surface area contributed by atoms with Crippen molar-refractivity contribution in [2.45, 2.75) is 39.6 Å². The summed E-state index contributed by atoms with van der Waals surface area (Å²) in [5.74, 6) is -0.996. The molecule has 0 saturated carbocycles. The number of carbonyl (C=O) groups excluding carboxylic acids is 1. The number of aromatic nitrogens is 2. The Balaban J connectivity index is 2.30. The van der Waals surface area contributed by atoms with E-state index in [0.29, 0.717) is 5.56 Å². The molecular weight excluding hydrogens is 441 g/mol. The lowest BCUT2D eigenvalue weighted by Crippen LogP contribution is -2.26. The molecular formula is C16H15BrF5N3O2.